The average molecular weight is 319 g/mol. The van der Waals surface area contributed by atoms with E-state index in [-0.39, 0.29) is 11.8 Å². The van der Waals surface area contributed by atoms with Gasteiger partial charge in [-0.25, -0.2) is 0 Å². The van der Waals surface area contributed by atoms with Gasteiger partial charge in [0, 0.05) is 55.6 Å². The predicted octanol–water partition coefficient (Wildman–Crippen LogP) is 1.42. The van der Waals surface area contributed by atoms with Crippen LogP contribution in [0.15, 0.2) is 54.9 Å². The van der Waals surface area contributed by atoms with Crippen LogP contribution in [0.4, 0.5) is 0 Å². The van der Waals surface area contributed by atoms with Crippen molar-refractivity contribution in [1.82, 2.24) is 14.8 Å². The first kappa shape index (κ1) is 15.8. The van der Waals surface area contributed by atoms with E-state index in [1.54, 1.807) is 34.3 Å². The van der Waals surface area contributed by atoms with E-state index in [4.69, 9.17) is 0 Å². The van der Waals surface area contributed by atoms with E-state index in [9.17, 15) is 9.59 Å². The molecule has 5 nitrogen and oxygen atoms in total. The molecule has 0 atom stereocenters. The van der Waals surface area contributed by atoms with E-state index in [2.05, 4.69) is 16.8 Å². The van der Waals surface area contributed by atoms with Crippen molar-refractivity contribution in [3.63, 3.8) is 0 Å². The van der Waals surface area contributed by atoms with Crippen LogP contribution >= 0.6 is 0 Å². The summed E-state index contributed by atoms with van der Waals surface area (Å²) in [6.07, 6.45) is 3.21. The van der Waals surface area contributed by atoms with Crippen molar-refractivity contribution in [2.45, 2.75) is 0 Å². The van der Waals surface area contributed by atoms with Gasteiger partial charge in [0.2, 0.25) is 0 Å². The molecule has 1 fully saturated rings. The van der Waals surface area contributed by atoms with Gasteiger partial charge in [0.15, 0.2) is 0 Å². The lowest BCUT2D eigenvalue weighted by Crippen LogP contribution is -2.50. The summed E-state index contributed by atoms with van der Waals surface area (Å²) in [5.74, 6) is 5.32. The van der Waals surface area contributed by atoms with Crippen LogP contribution in [0.1, 0.15) is 15.9 Å². The van der Waals surface area contributed by atoms with Gasteiger partial charge in [0.25, 0.3) is 11.8 Å². The third kappa shape index (κ3) is 3.79. The zero-order valence-electron chi connectivity index (χ0n) is 13.2. The quantitative estimate of drug-likeness (QED) is 0.747. The van der Waals surface area contributed by atoms with Crippen molar-refractivity contribution in [3.8, 4) is 11.8 Å². The molecule has 0 unspecified atom stereocenters. The molecule has 1 aliphatic heterocycles. The van der Waals surface area contributed by atoms with Crippen LogP contribution in [-0.4, -0.2) is 52.8 Å². The Morgan fingerprint density at radius 1 is 0.875 bits per heavy atom. The highest BCUT2D eigenvalue weighted by atomic mass is 16.2. The van der Waals surface area contributed by atoms with Crippen molar-refractivity contribution >= 4 is 11.8 Å². The van der Waals surface area contributed by atoms with Gasteiger partial charge < -0.3 is 9.80 Å². The van der Waals surface area contributed by atoms with E-state index < -0.39 is 0 Å². The summed E-state index contributed by atoms with van der Waals surface area (Å²) in [6, 6.07) is 12.8. The number of hydrogen-bond acceptors (Lipinski definition) is 3. The fourth-order valence-corrected chi connectivity index (χ4v) is 2.52. The normalized spacial score (nSPS) is 13.8. The van der Waals surface area contributed by atoms with Crippen LogP contribution in [0.2, 0.25) is 0 Å². The van der Waals surface area contributed by atoms with Crippen molar-refractivity contribution in [2.75, 3.05) is 26.2 Å². The minimum atomic E-state index is -0.199. The largest absolute Gasteiger partial charge is 0.335 e. The average Bonchev–Trinajstić information content (AvgIpc) is 2.67. The SMILES string of the molecule is O=C(C#Cc1ccccc1)N1CCN(C(=O)c2ccncc2)CC1. The van der Waals surface area contributed by atoms with E-state index in [0.717, 1.165) is 5.56 Å². The summed E-state index contributed by atoms with van der Waals surface area (Å²) in [5.41, 5.74) is 1.44. The molecule has 1 aliphatic rings. The third-order valence-electron chi connectivity index (χ3n) is 3.87. The Kier molecular flexibility index (Phi) is 4.87. The van der Waals surface area contributed by atoms with Gasteiger partial charge in [-0.15, -0.1) is 0 Å². The van der Waals surface area contributed by atoms with Crippen molar-refractivity contribution in [2.24, 2.45) is 0 Å². The predicted molar refractivity (Wildman–Crippen MR) is 90.0 cm³/mol. The zero-order valence-corrected chi connectivity index (χ0v) is 13.2. The number of hydrogen-bond donors (Lipinski definition) is 0. The van der Waals surface area contributed by atoms with Gasteiger partial charge in [-0.2, -0.15) is 0 Å². The van der Waals surface area contributed by atoms with Crippen molar-refractivity contribution < 1.29 is 9.59 Å². The molecule has 24 heavy (non-hydrogen) atoms. The lowest BCUT2D eigenvalue weighted by Gasteiger charge is -2.33. The first-order valence-corrected chi connectivity index (χ1v) is 7.79. The maximum Gasteiger partial charge on any atom is 0.298 e. The zero-order chi connectivity index (χ0) is 16.8. The van der Waals surface area contributed by atoms with Crippen LogP contribution < -0.4 is 0 Å². The maximum atomic E-state index is 12.4. The van der Waals surface area contributed by atoms with Gasteiger partial charge in [-0.1, -0.05) is 24.1 Å². The molecule has 0 N–H and O–H groups in total. The number of pyridine rings is 1. The number of piperazine rings is 1. The molecular weight excluding hydrogens is 302 g/mol. The molecule has 1 saturated heterocycles. The van der Waals surface area contributed by atoms with E-state index in [0.29, 0.717) is 31.7 Å². The molecule has 0 bridgehead atoms. The third-order valence-corrected chi connectivity index (χ3v) is 3.87. The molecule has 1 aromatic heterocycles. The molecule has 0 saturated carbocycles. The first-order chi connectivity index (χ1) is 11.7. The van der Waals surface area contributed by atoms with Gasteiger partial charge in [0.05, 0.1) is 0 Å². The Labute approximate surface area is 140 Å². The van der Waals surface area contributed by atoms with Gasteiger partial charge >= 0.3 is 0 Å². The van der Waals surface area contributed by atoms with Crippen molar-refractivity contribution in [1.29, 1.82) is 0 Å². The standard InChI is InChI=1S/C19H17N3O2/c23-18(7-6-16-4-2-1-3-5-16)21-12-14-22(15-13-21)19(24)17-8-10-20-11-9-17/h1-5,8-11H,12-15H2. The van der Waals surface area contributed by atoms with Gasteiger partial charge in [-0.3, -0.25) is 14.6 Å². The topological polar surface area (TPSA) is 53.5 Å². The highest BCUT2D eigenvalue weighted by Gasteiger charge is 2.23. The second kappa shape index (κ2) is 7.42. The lowest BCUT2D eigenvalue weighted by molar-refractivity contribution is -0.126. The second-order valence-corrected chi connectivity index (χ2v) is 5.44. The minimum absolute atomic E-state index is 0.0279. The number of amides is 2. The molecule has 0 aliphatic carbocycles. The number of carbonyl (C=O) groups is 2. The summed E-state index contributed by atoms with van der Waals surface area (Å²) in [7, 11) is 0. The van der Waals surface area contributed by atoms with Gasteiger partial charge in [0.1, 0.15) is 0 Å². The monoisotopic (exact) mass is 319 g/mol. The molecule has 0 radical (unpaired) electrons. The maximum absolute atomic E-state index is 12.4. The Bertz CT molecular complexity index is 771. The molecule has 0 spiro atoms. The Hall–Kier alpha value is -3.13. The van der Waals surface area contributed by atoms with Crippen LogP contribution in [0.3, 0.4) is 0 Å². The molecule has 2 aromatic rings. The molecule has 2 heterocycles. The van der Waals surface area contributed by atoms with Crippen LogP contribution in [0.25, 0.3) is 0 Å². The van der Waals surface area contributed by atoms with E-state index in [1.807, 2.05) is 30.3 Å². The second-order valence-electron chi connectivity index (χ2n) is 5.44. The highest BCUT2D eigenvalue weighted by molar-refractivity contribution is 5.95. The summed E-state index contributed by atoms with van der Waals surface area (Å²) in [5, 5.41) is 0. The molecule has 3 rings (SSSR count). The summed E-state index contributed by atoms with van der Waals surface area (Å²) >= 11 is 0. The fraction of sp³-hybridized carbons (Fsp3) is 0.211. The van der Waals surface area contributed by atoms with E-state index >= 15 is 0 Å². The molecule has 5 heteroatoms. The summed E-state index contributed by atoms with van der Waals surface area (Å²) in [6.45, 7) is 2.03. The Morgan fingerprint density at radius 3 is 2.17 bits per heavy atom. The highest BCUT2D eigenvalue weighted by Crippen LogP contribution is 2.08. The summed E-state index contributed by atoms with van der Waals surface area (Å²) < 4.78 is 0. The molecule has 2 amide bonds. The fourth-order valence-electron chi connectivity index (χ4n) is 2.52. The van der Waals surface area contributed by atoms with Crippen LogP contribution in [0.5, 0.6) is 0 Å². The lowest BCUT2D eigenvalue weighted by atomic mass is 10.2. The molecule has 120 valence electrons. The van der Waals surface area contributed by atoms with E-state index in [1.165, 1.54) is 0 Å². The van der Waals surface area contributed by atoms with Crippen LogP contribution in [0, 0.1) is 11.8 Å². The Balaban J connectivity index is 1.56. The number of carbonyl (C=O) groups excluding carboxylic acids is 2. The van der Waals surface area contributed by atoms with Gasteiger partial charge in [-0.05, 0) is 24.3 Å². The Morgan fingerprint density at radius 2 is 1.50 bits per heavy atom. The van der Waals surface area contributed by atoms with Crippen LogP contribution in [-0.2, 0) is 4.79 Å². The smallest absolute Gasteiger partial charge is 0.298 e. The number of nitrogens with zero attached hydrogens (tertiary/aromatic N) is 3. The first-order valence-electron chi connectivity index (χ1n) is 7.79. The minimum Gasteiger partial charge on any atom is -0.335 e. The van der Waals surface area contributed by atoms with Crippen molar-refractivity contribution in [3.05, 3.63) is 66.0 Å². The number of aromatic nitrogens is 1. The number of rotatable bonds is 1. The molecule has 1 aromatic carbocycles. The number of benzene rings is 1. The summed E-state index contributed by atoms with van der Waals surface area (Å²) in [4.78, 5) is 31.9. The molecular formula is C19H17N3O2.